The van der Waals surface area contributed by atoms with Gasteiger partial charge in [0.25, 0.3) is 11.8 Å². The molecule has 24 heavy (non-hydrogen) atoms. The number of fused-ring (bicyclic) bond motifs is 1. The molecule has 1 aromatic heterocycles. The van der Waals surface area contributed by atoms with Crippen LogP contribution in [0, 0.1) is 5.92 Å². The minimum absolute atomic E-state index is 0.0348. The van der Waals surface area contributed by atoms with E-state index in [1.807, 2.05) is 46.0 Å². The van der Waals surface area contributed by atoms with Gasteiger partial charge in [-0.15, -0.1) is 0 Å². The Balaban J connectivity index is 1.73. The van der Waals surface area contributed by atoms with Crippen LogP contribution in [-0.4, -0.2) is 40.4 Å². The molecule has 126 valence electrons. The van der Waals surface area contributed by atoms with E-state index in [9.17, 15) is 9.59 Å². The van der Waals surface area contributed by atoms with Crippen LogP contribution in [0.3, 0.4) is 0 Å². The van der Waals surface area contributed by atoms with Gasteiger partial charge in [0.2, 0.25) is 0 Å². The Hall–Kier alpha value is -2.56. The highest BCUT2D eigenvalue weighted by Gasteiger charge is 2.32. The van der Waals surface area contributed by atoms with E-state index in [1.54, 1.807) is 12.1 Å². The van der Waals surface area contributed by atoms with Crippen LogP contribution in [-0.2, 0) is 6.54 Å². The first-order valence-electron chi connectivity index (χ1n) is 8.35. The van der Waals surface area contributed by atoms with Crippen LogP contribution in [0.2, 0.25) is 0 Å². The zero-order valence-corrected chi connectivity index (χ0v) is 14.1. The van der Waals surface area contributed by atoms with Crippen LogP contribution in [0.25, 0.3) is 0 Å². The quantitative estimate of drug-likeness (QED) is 0.918. The molecule has 5 nitrogen and oxygen atoms in total. The molecule has 0 radical (unpaired) electrons. The normalized spacial score (nSPS) is 17.0. The van der Waals surface area contributed by atoms with Crippen molar-refractivity contribution in [1.29, 1.82) is 0 Å². The Kier molecular flexibility index (Phi) is 4.69. The number of nitrogens with zero attached hydrogens (tertiary/aromatic N) is 2. The molecule has 0 fully saturated rings. The van der Waals surface area contributed by atoms with Crippen molar-refractivity contribution in [3.63, 3.8) is 0 Å². The third kappa shape index (κ3) is 3.35. The topological polar surface area (TPSA) is 54.3 Å². The molecule has 5 heteroatoms. The van der Waals surface area contributed by atoms with Crippen molar-refractivity contribution in [2.75, 3.05) is 13.1 Å². The lowest BCUT2D eigenvalue weighted by atomic mass is 10.1. The first-order valence-corrected chi connectivity index (χ1v) is 8.35. The molecule has 0 saturated carbocycles. The predicted octanol–water partition coefficient (Wildman–Crippen LogP) is 2.40. The van der Waals surface area contributed by atoms with Gasteiger partial charge in [0, 0.05) is 31.4 Å². The molecule has 3 rings (SSSR count). The molecule has 0 bridgehead atoms. The lowest BCUT2D eigenvalue weighted by Crippen LogP contribution is -2.53. The summed E-state index contributed by atoms with van der Waals surface area (Å²) >= 11 is 0. The number of benzene rings is 1. The summed E-state index contributed by atoms with van der Waals surface area (Å²) in [6.07, 6.45) is 1.92. The fourth-order valence-corrected chi connectivity index (χ4v) is 3.11. The zero-order valence-electron chi connectivity index (χ0n) is 14.1. The Morgan fingerprint density at radius 3 is 2.67 bits per heavy atom. The molecule has 0 spiro atoms. The number of nitrogens with one attached hydrogen (secondary N) is 1. The van der Waals surface area contributed by atoms with Crippen LogP contribution < -0.4 is 5.32 Å². The minimum atomic E-state index is -0.106. The SMILES string of the molecule is CC(C)CN1C(=O)c2cccn2CC1CNC(=O)c1ccccc1. The highest BCUT2D eigenvalue weighted by molar-refractivity contribution is 5.95. The van der Waals surface area contributed by atoms with Crippen molar-refractivity contribution in [2.45, 2.75) is 26.4 Å². The van der Waals surface area contributed by atoms with E-state index in [-0.39, 0.29) is 17.9 Å². The fourth-order valence-electron chi connectivity index (χ4n) is 3.11. The van der Waals surface area contributed by atoms with Gasteiger partial charge < -0.3 is 14.8 Å². The van der Waals surface area contributed by atoms with Crippen molar-refractivity contribution in [2.24, 2.45) is 5.92 Å². The fraction of sp³-hybridized carbons (Fsp3) is 0.368. The molecule has 2 amide bonds. The summed E-state index contributed by atoms with van der Waals surface area (Å²) in [5.41, 5.74) is 1.36. The van der Waals surface area contributed by atoms with Crippen molar-refractivity contribution in [3.8, 4) is 0 Å². The second-order valence-corrected chi connectivity index (χ2v) is 6.63. The summed E-state index contributed by atoms with van der Waals surface area (Å²) in [4.78, 5) is 26.9. The monoisotopic (exact) mass is 325 g/mol. The Labute approximate surface area is 142 Å². The Bertz CT molecular complexity index is 721. The van der Waals surface area contributed by atoms with Gasteiger partial charge in [0.1, 0.15) is 5.69 Å². The van der Waals surface area contributed by atoms with Gasteiger partial charge in [0.15, 0.2) is 0 Å². The van der Waals surface area contributed by atoms with E-state index in [2.05, 4.69) is 19.2 Å². The van der Waals surface area contributed by atoms with Crippen LogP contribution in [0.15, 0.2) is 48.7 Å². The summed E-state index contributed by atoms with van der Waals surface area (Å²) in [5.74, 6) is 0.313. The highest BCUT2D eigenvalue weighted by atomic mass is 16.2. The summed E-state index contributed by atoms with van der Waals surface area (Å²) in [7, 11) is 0. The molecule has 2 heterocycles. The molecule has 0 aliphatic carbocycles. The average molecular weight is 325 g/mol. The number of rotatable bonds is 5. The maximum atomic E-state index is 12.7. The molecular formula is C19H23N3O2. The first-order chi connectivity index (χ1) is 11.6. The van der Waals surface area contributed by atoms with E-state index in [0.717, 1.165) is 5.69 Å². The zero-order chi connectivity index (χ0) is 17.1. The highest BCUT2D eigenvalue weighted by Crippen LogP contribution is 2.19. The van der Waals surface area contributed by atoms with Crippen molar-refractivity contribution >= 4 is 11.8 Å². The van der Waals surface area contributed by atoms with Crippen LogP contribution >= 0.6 is 0 Å². The Morgan fingerprint density at radius 1 is 1.21 bits per heavy atom. The molecule has 1 atom stereocenters. The van der Waals surface area contributed by atoms with Gasteiger partial charge in [-0.25, -0.2) is 0 Å². The molecule has 0 saturated heterocycles. The van der Waals surface area contributed by atoms with E-state index < -0.39 is 0 Å². The van der Waals surface area contributed by atoms with Gasteiger partial charge in [-0.1, -0.05) is 32.0 Å². The summed E-state index contributed by atoms with van der Waals surface area (Å²) in [6.45, 7) is 6.04. The molecule has 1 aliphatic heterocycles. The molecule has 1 aliphatic rings. The number of hydrogen-bond donors (Lipinski definition) is 1. The van der Waals surface area contributed by atoms with Crippen LogP contribution in [0.1, 0.15) is 34.7 Å². The number of amides is 2. The van der Waals surface area contributed by atoms with Gasteiger partial charge in [-0.05, 0) is 30.2 Å². The second kappa shape index (κ2) is 6.91. The van der Waals surface area contributed by atoms with Crippen LogP contribution in [0.4, 0.5) is 0 Å². The van der Waals surface area contributed by atoms with E-state index in [4.69, 9.17) is 0 Å². The summed E-state index contributed by atoms with van der Waals surface area (Å²) < 4.78 is 1.97. The molecule has 1 aromatic carbocycles. The third-order valence-corrected chi connectivity index (χ3v) is 4.25. The maximum absolute atomic E-state index is 12.7. The van der Waals surface area contributed by atoms with E-state index in [1.165, 1.54) is 0 Å². The molecular weight excluding hydrogens is 302 g/mol. The molecule has 1 unspecified atom stereocenters. The number of carbonyl (C=O) groups is 2. The van der Waals surface area contributed by atoms with Crippen molar-refractivity contribution in [1.82, 2.24) is 14.8 Å². The van der Waals surface area contributed by atoms with E-state index >= 15 is 0 Å². The van der Waals surface area contributed by atoms with Gasteiger partial charge >= 0.3 is 0 Å². The number of hydrogen-bond acceptors (Lipinski definition) is 2. The smallest absolute Gasteiger partial charge is 0.270 e. The average Bonchev–Trinajstić information content (AvgIpc) is 3.05. The lowest BCUT2D eigenvalue weighted by molar-refractivity contribution is 0.0554. The minimum Gasteiger partial charge on any atom is -0.350 e. The molecule has 2 aromatic rings. The van der Waals surface area contributed by atoms with Gasteiger partial charge in [0.05, 0.1) is 6.04 Å². The first kappa shape index (κ1) is 16.3. The van der Waals surface area contributed by atoms with Crippen LogP contribution in [0.5, 0.6) is 0 Å². The lowest BCUT2D eigenvalue weighted by Gasteiger charge is -2.37. The Morgan fingerprint density at radius 2 is 1.96 bits per heavy atom. The summed E-state index contributed by atoms with van der Waals surface area (Å²) in [6, 6.07) is 12.9. The number of carbonyl (C=O) groups excluding carboxylic acids is 2. The summed E-state index contributed by atoms with van der Waals surface area (Å²) in [5, 5.41) is 2.97. The van der Waals surface area contributed by atoms with Crippen molar-refractivity contribution < 1.29 is 9.59 Å². The predicted molar refractivity (Wildman–Crippen MR) is 92.9 cm³/mol. The second-order valence-electron chi connectivity index (χ2n) is 6.63. The van der Waals surface area contributed by atoms with Gasteiger partial charge in [-0.3, -0.25) is 9.59 Å². The molecule has 1 N–H and O–H groups in total. The van der Waals surface area contributed by atoms with Crippen molar-refractivity contribution in [3.05, 3.63) is 59.9 Å². The number of aromatic nitrogens is 1. The standard InChI is InChI=1S/C19H23N3O2/c1-14(2)12-22-16(13-21-10-6-9-17(21)19(22)24)11-20-18(23)15-7-4-3-5-8-15/h3-10,14,16H,11-13H2,1-2H3,(H,20,23). The third-order valence-electron chi connectivity index (χ3n) is 4.25. The van der Waals surface area contributed by atoms with Gasteiger partial charge in [-0.2, -0.15) is 0 Å². The maximum Gasteiger partial charge on any atom is 0.270 e. The largest absolute Gasteiger partial charge is 0.350 e. The van der Waals surface area contributed by atoms with E-state index in [0.29, 0.717) is 31.1 Å².